The van der Waals surface area contributed by atoms with Gasteiger partial charge in [-0.15, -0.1) is 0 Å². The largest absolute Gasteiger partial charge is 0.494 e. The lowest BCUT2D eigenvalue weighted by Gasteiger charge is -2.14. The zero-order valence-corrected chi connectivity index (χ0v) is 14.6. The summed E-state index contributed by atoms with van der Waals surface area (Å²) in [6, 6.07) is 14.5. The standard InChI is InChI=1S/C20H21FN2O3/c1-15(26-19-8-4-16(14-22)5-9-19)20(24)23-12-2-3-13-25-18-10-6-17(21)7-11-18/h4-11,15H,2-3,12-13H2,1H3,(H,23,24). The van der Waals surface area contributed by atoms with E-state index in [4.69, 9.17) is 14.7 Å². The van der Waals surface area contributed by atoms with Crippen molar-refractivity contribution in [2.24, 2.45) is 0 Å². The molecule has 0 aliphatic carbocycles. The van der Waals surface area contributed by atoms with Crippen molar-refractivity contribution >= 4 is 5.91 Å². The number of rotatable bonds is 9. The van der Waals surface area contributed by atoms with Gasteiger partial charge in [0.25, 0.3) is 5.91 Å². The topological polar surface area (TPSA) is 71.3 Å². The molecule has 2 aromatic rings. The van der Waals surface area contributed by atoms with E-state index < -0.39 is 6.10 Å². The van der Waals surface area contributed by atoms with Crippen molar-refractivity contribution in [3.8, 4) is 17.6 Å². The van der Waals surface area contributed by atoms with Gasteiger partial charge < -0.3 is 14.8 Å². The average molecular weight is 356 g/mol. The molecule has 0 saturated carbocycles. The molecule has 0 spiro atoms. The number of ether oxygens (including phenoxy) is 2. The van der Waals surface area contributed by atoms with Crippen LogP contribution in [0, 0.1) is 17.1 Å². The summed E-state index contributed by atoms with van der Waals surface area (Å²) in [4.78, 5) is 12.0. The van der Waals surface area contributed by atoms with E-state index in [1.54, 1.807) is 43.3 Å². The van der Waals surface area contributed by atoms with Gasteiger partial charge in [0.2, 0.25) is 0 Å². The van der Waals surface area contributed by atoms with Gasteiger partial charge in [-0.05, 0) is 68.3 Å². The fourth-order valence-electron chi connectivity index (χ4n) is 2.17. The molecule has 0 saturated heterocycles. The van der Waals surface area contributed by atoms with Crippen molar-refractivity contribution in [1.82, 2.24) is 5.32 Å². The van der Waals surface area contributed by atoms with Crippen LogP contribution in [-0.2, 0) is 4.79 Å². The Bertz CT molecular complexity index is 739. The number of amides is 1. The SMILES string of the molecule is CC(Oc1ccc(C#N)cc1)C(=O)NCCCCOc1ccc(F)cc1. The number of unbranched alkanes of at least 4 members (excludes halogenated alkanes) is 1. The first-order valence-corrected chi connectivity index (χ1v) is 8.41. The van der Waals surface area contributed by atoms with E-state index in [0.29, 0.717) is 30.2 Å². The molecule has 0 fully saturated rings. The quantitative estimate of drug-likeness (QED) is 0.699. The number of hydrogen-bond donors (Lipinski definition) is 1. The minimum absolute atomic E-state index is 0.200. The molecule has 0 heterocycles. The van der Waals surface area contributed by atoms with E-state index in [1.807, 2.05) is 6.07 Å². The molecule has 2 aromatic carbocycles. The van der Waals surface area contributed by atoms with Gasteiger partial charge in [-0.2, -0.15) is 5.26 Å². The van der Waals surface area contributed by atoms with Gasteiger partial charge in [0.05, 0.1) is 18.2 Å². The molecular weight excluding hydrogens is 335 g/mol. The van der Waals surface area contributed by atoms with Gasteiger partial charge in [0, 0.05) is 6.54 Å². The molecule has 1 unspecified atom stereocenters. The smallest absolute Gasteiger partial charge is 0.260 e. The molecule has 0 radical (unpaired) electrons. The minimum atomic E-state index is -0.626. The molecule has 6 heteroatoms. The summed E-state index contributed by atoms with van der Waals surface area (Å²) in [5, 5.41) is 11.6. The van der Waals surface area contributed by atoms with Gasteiger partial charge in [0.15, 0.2) is 6.10 Å². The second-order valence-corrected chi connectivity index (χ2v) is 5.70. The molecule has 26 heavy (non-hydrogen) atoms. The predicted octanol–water partition coefficient (Wildman–Crippen LogP) is 3.44. The van der Waals surface area contributed by atoms with Crippen molar-refractivity contribution in [2.75, 3.05) is 13.2 Å². The number of nitrogens with zero attached hydrogens (tertiary/aromatic N) is 1. The van der Waals surface area contributed by atoms with Crippen molar-refractivity contribution in [3.05, 3.63) is 59.9 Å². The Balaban J connectivity index is 1.60. The zero-order valence-electron chi connectivity index (χ0n) is 14.6. The summed E-state index contributed by atoms with van der Waals surface area (Å²) >= 11 is 0. The molecule has 1 atom stereocenters. The highest BCUT2D eigenvalue weighted by Crippen LogP contribution is 2.13. The van der Waals surface area contributed by atoms with Crippen LogP contribution in [-0.4, -0.2) is 25.2 Å². The number of nitrogens with one attached hydrogen (secondary N) is 1. The Morgan fingerprint density at radius 2 is 1.77 bits per heavy atom. The lowest BCUT2D eigenvalue weighted by atomic mass is 10.2. The highest BCUT2D eigenvalue weighted by Gasteiger charge is 2.13. The Morgan fingerprint density at radius 1 is 1.12 bits per heavy atom. The summed E-state index contributed by atoms with van der Waals surface area (Å²) in [6.45, 7) is 2.69. The van der Waals surface area contributed by atoms with Crippen LogP contribution < -0.4 is 14.8 Å². The maximum Gasteiger partial charge on any atom is 0.260 e. The van der Waals surface area contributed by atoms with Crippen molar-refractivity contribution in [2.45, 2.75) is 25.9 Å². The first-order valence-electron chi connectivity index (χ1n) is 8.41. The number of halogens is 1. The third-order valence-electron chi connectivity index (χ3n) is 3.62. The maximum absolute atomic E-state index is 12.8. The van der Waals surface area contributed by atoms with Crippen molar-refractivity contribution in [3.63, 3.8) is 0 Å². The average Bonchev–Trinajstić information content (AvgIpc) is 2.66. The Morgan fingerprint density at radius 3 is 2.42 bits per heavy atom. The summed E-state index contributed by atoms with van der Waals surface area (Å²) in [7, 11) is 0. The predicted molar refractivity (Wildman–Crippen MR) is 95.4 cm³/mol. The van der Waals surface area contributed by atoms with Crippen LogP contribution >= 0.6 is 0 Å². The number of nitriles is 1. The van der Waals surface area contributed by atoms with Crippen LogP contribution in [0.2, 0.25) is 0 Å². The molecule has 5 nitrogen and oxygen atoms in total. The first kappa shape index (κ1) is 19.3. The summed E-state index contributed by atoms with van der Waals surface area (Å²) in [5.41, 5.74) is 0.539. The molecule has 0 aromatic heterocycles. The molecule has 2 rings (SSSR count). The van der Waals surface area contributed by atoms with Crippen LogP contribution in [0.5, 0.6) is 11.5 Å². The lowest BCUT2D eigenvalue weighted by Crippen LogP contribution is -2.36. The highest BCUT2D eigenvalue weighted by atomic mass is 19.1. The Hall–Kier alpha value is -3.07. The third kappa shape index (κ3) is 6.44. The molecule has 1 N–H and O–H groups in total. The molecule has 0 aliphatic rings. The van der Waals surface area contributed by atoms with Crippen molar-refractivity contribution in [1.29, 1.82) is 5.26 Å². The molecule has 1 amide bonds. The third-order valence-corrected chi connectivity index (χ3v) is 3.62. The Kier molecular flexibility index (Phi) is 7.44. The second kappa shape index (κ2) is 10.0. The van der Waals surface area contributed by atoms with Crippen molar-refractivity contribution < 1.29 is 18.7 Å². The monoisotopic (exact) mass is 356 g/mol. The second-order valence-electron chi connectivity index (χ2n) is 5.70. The van der Waals surface area contributed by atoms with Crippen LogP contribution in [0.15, 0.2) is 48.5 Å². The van der Waals surface area contributed by atoms with Crippen LogP contribution in [0.4, 0.5) is 4.39 Å². The van der Waals surface area contributed by atoms with E-state index in [9.17, 15) is 9.18 Å². The van der Waals surface area contributed by atoms with Crippen LogP contribution in [0.3, 0.4) is 0 Å². The fourth-order valence-corrected chi connectivity index (χ4v) is 2.17. The number of carbonyl (C=O) groups excluding carboxylic acids is 1. The molecule has 0 aliphatic heterocycles. The van der Waals surface area contributed by atoms with E-state index in [-0.39, 0.29) is 11.7 Å². The first-order chi connectivity index (χ1) is 12.6. The summed E-state index contributed by atoms with van der Waals surface area (Å²) < 4.78 is 23.8. The van der Waals surface area contributed by atoms with E-state index in [0.717, 1.165) is 12.8 Å². The van der Waals surface area contributed by atoms with Crippen LogP contribution in [0.25, 0.3) is 0 Å². The molecule has 0 bridgehead atoms. The molecular formula is C20H21FN2O3. The van der Waals surface area contributed by atoms with Gasteiger partial charge >= 0.3 is 0 Å². The molecule has 136 valence electrons. The number of carbonyl (C=O) groups is 1. The Labute approximate surface area is 152 Å². The van der Waals surface area contributed by atoms with Crippen LogP contribution in [0.1, 0.15) is 25.3 Å². The summed E-state index contributed by atoms with van der Waals surface area (Å²) in [6.07, 6.45) is 0.900. The lowest BCUT2D eigenvalue weighted by molar-refractivity contribution is -0.127. The van der Waals surface area contributed by atoms with E-state index in [2.05, 4.69) is 5.32 Å². The minimum Gasteiger partial charge on any atom is -0.494 e. The maximum atomic E-state index is 12.8. The van der Waals surface area contributed by atoms with Gasteiger partial charge in [-0.1, -0.05) is 0 Å². The van der Waals surface area contributed by atoms with Gasteiger partial charge in [0.1, 0.15) is 17.3 Å². The number of hydrogen-bond acceptors (Lipinski definition) is 4. The highest BCUT2D eigenvalue weighted by molar-refractivity contribution is 5.80. The number of benzene rings is 2. The fraction of sp³-hybridized carbons (Fsp3) is 0.300. The van der Waals surface area contributed by atoms with Gasteiger partial charge in [-0.25, -0.2) is 4.39 Å². The zero-order chi connectivity index (χ0) is 18.8. The normalized spacial score (nSPS) is 11.3. The van der Waals surface area contributed by atoms with Gasteiger partial charge in [-0.3, -0.25) is 4.79 Å². The van der Waals surface area contributed by atoms with E-state index in [1.165, 1.54) is 12.1 Å². The summed E-state index contributed by atoms with van der Waals surface area (Å²) in [5.74, 6) is 0.672. The van der Waals surface area contributed by atoms with E-state index >= 15 is 0 Å².